The van der Waals surface area contributed by atoms with Crippen LogP contribution in [0.25, 0.3) is 0 Å². The van der Waals surface area contributed by atoms with Crippen LogP contribution in [0.15, 0.2) is 0 Å². The molecule has 0 aromatic rings. The van der Waals surface area contributed by atoms with Gasteiger partial charge in [-0.2, -0.15) is 0 Å². The zero-order chi connectivity index (χ0) is 13.6. The molecule has 0 spiro atoms. The van der Waals surface area contributed by atoms with Crippen molar-refractivity contribution in [1.29, 1.82) is 0 Å². The summed E-state index contributed by atoms with van der Waals surface area (Å²) in [5.41, 5.74) is -0.601. The minimum absolute atomic E-state index is 0.0111. The monoisotopic (exact) mass is 256 g/mol. The van der Waals surface area contributed by atoms with Crippen LogP contribution in [0.3, 0.4) is 0 Å². The third-order valence-corrected chi connectivity index (χ3v) is 3.77. The van der Waals surface area contributed by atoms with Crippen LogP contribution in [0.2, 0.25) is 0 Å². The Balaban J connectivity index is 2.57. The summed E-state index contributed by atoms with van der Waals surface area (Å²) in [7, 11) is 1.62. The first-order valence-corrected chi connectivity index (χ1v) is 6.70. The number of hydrogen-bond donors (Lipinski definition) is 2. The van der Waals surface area contributed by atoms with Crippen LogP contribution in [0.4, 0.5) is 0 Å². The van der Waals surface area contributed by atoms with E-state index in [1.807, 2.05) is 6.92 Å². The topological polar surface area (TPSA) is 69.6 Å². The Labute approximate surface area is 109 Å². The van der Waals surface area contributed by atoms with Crippen LogP contribution in [0.1, 0.15) is 39.0 Å². The van der Waals surface area contributed by atoms with Gasteiger partial charge in [0.25, 0.3) is 0 Å². The quantitative estimate of drug-likeness (QED) is 0.746. The summed E-state index contributed by atoms with van der Waals surface area (Å²) >= 11 is 0. The Morgan fingerprint density at radius 1 is 1.44 bits per heavy atom. The molecule has 0 aromatic carbocycles. The molecule has 5 nitrogen and oxygen atoms in total. The molecule has 1 rings (SSSR count). The summed E-state index contributed by atoms with van der Waals surface area (Å²) in [6, 6.07) is 0. The standard InChI is InChI=1S/C13H24N2O3/c1-3-6-13(12(17)18)7-4-8-15(10-13)9-5-11(16)14-2/h3-10H2,1-2H3,(H,14,16)(H,17,18). The fourth-order valence-electron chi connectivity index (χ4n) is 2.77. The average Bonchev–Trinajstić information content (AvgIpc) is 2.36. The van der Waals surface area contributed by atoms with Crippen LogP contribution in [0.5, 0.6) is 0 Å². The largest absolute Gasteiger partial charge is 0.481 e. The van der Waals surface area contributed by atoms with Gasteiger partial charge in [-0.05, 0) is 25.8 Å². The van der Waals surface area contributed by atoms with Crippen LogP contribution >= 0.6 is 0 Å². The lowest BCUT2D eigenvalue weighted by Crippen LogP contribution is -2.48. The van der Waals surface area contributed by atoms with Gasteiger partial charge in [-0.3, -0.25) is 9.59 Å². The van der Waals surface area contributed by atoms with Gasteiger partial charge in [-0.15, -0.1) is 0 Å². The van der Waals surface area contributed by atoms with Gasteiger partial charge in [-0.1, -0.05) is 13.3 Å². The SMILES string of the molecule is CCCC1(C(=O)O)CCCN(CCC(=O)NC)C1. The first-order valence-electron chi connectivity index (χ1n) is 6.70. The zero-order valence-corrected chi connectivity index (χ0v) is 11.4. The Morgan fingerprint density at radius 3 is 2.72 bits per heavy atom. The van der Waals surface area contributed by atoms with Gasteiger partial charge >= 0.3 is 5.97 Å². The molecule has 0 bridgehead atoms. The molecule has 104 valence electrons. The number of carboxylic acids is 1. The molecular weight excluding hydrogens is 232 g/mol. The van der Waals surface area contributed by atoms with Crippen molar-refractivity contribution in [2.24, 2.45) is 5.41 Å². The van der Waals surface area contributed by atoms with Gasteiger partial charge in [0.05, 0.1) is 5.41 Å². The molecule has 0 saturated carbocycles. The van der Waals surface area contributed by atoms with E-state index in [-0.39, 0.29) is 5.91 Å². The Morgan fingerprint density at radius 2 is 2.17 bits per heavy atom. The first-order chi connectivity index (χ1) is 8.54. The molecule has 1 amide bonds. The lowest BCUT2D eigenvalue weighted by Gasteiger charge is -2.39. The van der Waals surface area contributed by atoms with E-state index < -0.39 is 11.4 Å². The van der Waals surface area contributed by atoms with Gasteiger partial charge in [0, 0.05) is 26.6 Å². The summed E-state index contributed by atoms with van der Waals surface area (Å²) in [6.07, 6.45) is 3.71. The van der Waals surface area contributed by atoms with Crippen LogP contribution < -0.4 is 5.32 Å². The van der Waals surface area contributed by atoms with Crippen molar-refractivity contribution in [2.75, 3.05) is 26.7 Å². The van der Waals surface area contributed by atoms with E-state index in [1.54, 1.807) is 7.05 Å². The molecule has 0 aliphatic carbocycles. The highest BCUT2D eigenvalue weighted by Gasteiger charge is 2.41. The number of hydrogen-bond acceptors (Lipinski definition) is 3. The predicted molar refractivity (Wildman–Crippen MR) is 69.3 cm³/mol. The zero-order valence-electron chi connectivity index (χ0n) is 11.4. The van der Waals surface area contributed by atoms with E-state index in [1.165, 1.54) is 0 Å². The van der Waals surface area contributed by atoms with E-state index in [4.69, 9.17) is 0 Å². The van der Waals surface area contributed by atoms with Crippen LogP contribution in [0, 0.1) is 5.41 Å². The molecule has 1 heterocycles. The minimum atomic E-state index is -0.686. The van der Waals surface area contributed by atoms with Crippen molar-refractivity contribution in [3.8, 4) is 0 Å². The fraction of sp³-hybridized carbons (Fsp3) is 0.846. The van der Waals surface area contributed by atoms with Crippen molar-refractivity contribution in [3.63, 3.8) is 0 Å². The van der Waals surface area contributed by atoms with E-state index in [0.717, 1.165) is 32.2 Å². The number of likely N-dealkylation sites (tertiary alicyclic amines) is 1. The Hall–Kier alpha value is -1.10. The second-order valence-electron chi connectivity index (χ2n) is 5.14. The normalized spacial score (nSPS) is 24.8. The average molecular weight is 256 g/mol. The number of nitrogens with zero attached hydrogens (tertiary/aromatic N) is 1. The molecule has 2 N–H and O–H groups in total. The van der Waals surface area contributed by atoms with Crippen molar-refractivity contribution in [2.45, 2.75) is 39.0 Å². The number of carbonyl (C=O) groups is 2. The first kappa shape index (κ1) is 15.0. The van der Waals surface area contributed by atoms with E-state index in [9.17, 15) is 14.7 Å². The smallest absolute Gasteiger partial charge is 0.310 e. The van der Waals surface area contributed by atoms with Crippen molar-refractivity contribution in [3.05, 3.63) is 0 Å². The maximum absolute atomic E-state index is 11.5. The molecular formula is C13H24N2O3. The number of piperidine rings is 1. The van der Waals surface area contributed by atoms with E-state index >= 15 is 0 Å². The number of rotatable bonds is 6. The second-order valence-corrected chi connectivity index (χ2v) is 5.14. The van der Waals surface area contributed by atoms with Crippen LogP contribution in [-0.2, 0) is 9.59 Å². The molecule has 0 radical (unpaired) electrons. The molecule has 1 fully saturated rings. The highest BCUT2D eigenvalue weighted by Crippen LogP contribution is 2.35. The molecule has 1 aliphatic heterocycles. The molecule has 1 atom stereocenters. The summed E-state index contributed by atoms with van der Waals surface area (Å²) in [4.78, 5) is 24.8. The van der Waals surface area contributed by atoms with Gasteiger partial charge in [-0.25, -0.2) is 0 Å². The third kappa shape index (κ3) is 3.70. The molecule has 18 heavy (non-hydrogen) atoms. The predicted octanol–water partition coefficient (Wildman–Crippen LogP) is 1.09. The maximum Gasteiger partial charge on any atom is 0.310 e. The summed E-state index contributed by atoms with van der Waals surface area (Å²) in [5, 5.41) is 12.0. The van der Waals surface area contributed by atoms with E-state index in [2.05, 4.69) is 10.2 Å². The fourth-order valence-corrected chi connectivity index (χ4v) is 2.77. The van der Waals surface area contributed by atoms with Crippen LogP contribution in [-0.4, -0.2) is 48.6 Å². The molecule has 5 heteroatoms. The number of carboxylic acid groups (broad SMARTS) is 1. The van der Waals surface area contributed by atoms with Gasteiger partial charge in [0.1, 0.15) is 0 Å². The van der Waals surface area contributed by atoms with Gasteiger partial charge < -0.3 is 15.3 Å². The van der Waals surface area contributed by atoms with Crippen molar-refractivity contribution in [1.82, 2.24) is 10.2 Å². The van der Waals surface area contributed by atoms with Crippen molar-refractivity contribution < 1.29 is 14.7 Å². The number of nitrogens with one attached hydrogen (secondary N) is 1. The minimum Gasteiger partial charge on any atom is -0.481 e. The second kappa shape index (κ2) is 6.73. The highest BCUT2D eigenvalue weighted by molar-refractivity contribution is 5.76. The third-order valence-electron chi connectivity index (χ3n) is 3.77. The lowest BCUT2D eigenvalue weighted by molar-refractivity contribution is -0.153. The number of aliphatic carboxylic acids is 1. The summed E-state index contributed by atoms with van der Waals surface area (Å²) < 4.78 is 0. The number of carbonyl (C=O) groups excluding carboxylic acids is 1. The Kier molecular flexibility index (Phi) is 5.59. The molecule has 1 unspecified atom stereocenters. The summed E-state index contributed by atoms with van der Waals surface area (Å²) in [6.45, 7) is 4.15. The number of amides is 1. The lowest BCUT2D eigenvalue weighted by atomic mass is 9.76. The van der Waals surface area contributed by atoms with Gasteiger partial charge in [0.2, 0.25) is 5.91 Å². The molecule has 1 aliphatic rings. The summed E-state index contributed by atoms with van der Waals surface area (Å²) in [5.74, 6) is -0.675. The maximum atomic E-state index is 11.5. The van der Waals surface area contributed by atoms with Crippen molar-refractivity contribution >= 4 is 11.9 Å². The van der Waals surface area contributed by atoms with Gasteiger partial charge in [0.15, 0.2) is 0 Å². The Bertz CT molecular complexity index is 303. The van der Waals surface area contributed by atoms with E-state index in [0.29, 0.717) is 19.5 Å². The molecule has 0 aromatic heterocycles. The molecule has 1 saturated heterocycles. The highest BCUT2D eigenvalue weighted by atomic mass is 16.4.